The van der Waals surface area contributed by atoms with E-state index in [4.69, 9.17) is 0 Å². The SMILES string of the molecule is CCC1(CC)NC(=O)N(CC(=O)N(CC(C)C)CC(C)C)C1=O. The Labute approximate surface area is 139 Å². The molecular formula is C17H31N3O3. The van der Waals surface area contributed by atoms with Gasteiger partial charge in [-0.1, -0.05) is 41.5 Å². The van der Waals surface area contributed by atoms with Gasteiger partial charge in [-0.25, -0.2) is 4.79 Å². The lowest BCUT2D eigenvalue weighted by Crippen LogP contribution is -2.48. The zero-order chi connectivity index (χ0) is 17.8. The summed E-state index contributed by atoms with van der Waals surface area (Å²) in [6, 6.07) is -0.457. The third-order valence-electron chi connectivity index (χ3n) is 4.27. The zero-order valence-electron chi connectivity index (χ0n) is 15.3. The fourth-order valence-electron chi connectivity index (χ4n) is 2.94. The zero-order valence-corrected chi connectivity index (χ0v) is 15.3. The quantitative estimate of drug-likeness (QED) is 0.696. The van der Waals surface area contributed by atoms with E-state index in [9.17, 15) is 14.4 Å². The Hall–Kier alpha value is -1.59. The number of hydrogen-bond donors (Lipinski definition) is 1. The summed E-state index contributed by atoms with van der Waals surface area (Å²) in [6.07, 6.45) is 1.06. The molecule has 1 rings (SSSR count). The maximum Gasteiger partial charge on any atom is 0.325 e. The molecule has 1 N–H and O–H groups in total. The third kappa shape index (κ3) is 4.45. The van der Waals surface area contributed by atoms with Crippen LogP contribution in [0.15, 0.2) is 0 Å². The van der Waals surface area contributed by atoms with Crippen LogP contribution in [0.25, 0.3) is 0 Å². The van der Waals surface area contributed by atoms with E-state index in [1.54, 1.807) is 4.90 Å². The number of carbonyl (C=O) groups is 3. The van der Waals surface area contributed by atoms with Gasteiger partial charge in [0.2, 0.25) is 5.91 Å². The van der Waals surface area contributed by atoms with E-state index in [0.717, 1.165) is 4.90 Å². The van der Waals surface area contributed by atoms with E-state index in [1.807, 2.05) is 41.5 Å². The highest BCUT2D eigenvalue weighted by atomic mass is 16.2. The summed E-state index contributed by atoms with van der Waals surface area (Å²) >= 11 is 0. The maximum atomic E-state index is 12.6. The lowest BCUT2D eigenvalue weighted by molar-refractivity contribution is -0.139. The van der Waals surface area contributed by atoms with Gasteiger partial charge in [0.15, 0.2) is 0 Å². The van der Waals surface area contributed by atoms with Gasteiger partial charge in [-0.3, -0.25) is 14.5 Å². The number of carbonyl (C=O) groups excluding carboxylic acids is 3. The number of imide groups is 1. The van der Waals surface area contributed by atoms with Gasteiger partial charge in [0.25, 0.3) is 5.91 Å². The Kier molecular flexibility index (Phi) is 6.59. The molecule has 23 heavy (non-hydrogen) atoms. The molecule has 0 aromatic carbocycles. The van der Waals surface area contributed by atoms with Crippen molar-refractivity contribution in [1.82, 2.24) is 15.1 Å². The van der Waals surface area contributed by atoms with Crippen molar-refractivity contribution in [2.45, 2.75) is 59.9 Å². The van der Waals surface area contributed by atoms with Crippen molar-refractivity contribution < 1.29 is 14.4 Å². The van der Waals surface area contributed by atoms with E-state index >= 15 is 0 Å². The van der Waals surface area contributed by atoms with Gasteiger partial charge in [0.05, 0.1) is 0 Å². The molecule has 0 aromatic rings. The van der Waals surface area contributed by atoms with Crippen LogP contribution in [-0.2, 0) is 9.59 Å². The topological polar surface area (TPSA) is 69.7 Å². The highest BCUT2D eigenvalue weighted by molar-refractivity contribution is 6.08. The maximum absolute atomic E-state index is 12.6. The Morgan fingerprint density at radius 2 is 1.57 bits per heavy atom. The minimum atomic E-state index is -0.849. The van der Waals surface area contributed by atoms with Crippen LogP contribution in [0, 0.1) is 11.8 Å². The predicted octanol–water partition coefficient (Wildman–Crippen LogP) is 2.24. The smallest absolute Gasteiger partial charge is 0.325 e. The summed E-state index contributed by atoms with van der Waals surface area (Å²) in [6.45, 7) is 13.0. The first-order valence-electron chi connectivity index (χ1n) is 8.58. The van der Waals surface area contributed by atoms with E-state index < -0.39 is 11.6 Å². The summed E-state index contributed by atoms with van der Waals surface area (Å²) in [5, 5.41) is 2.76. The lowest BCUT2D eigenvalue weighted by Gasteiger charge is -2.28. The highest BCUT2D eigenvalue weighted by Gasteiger charge is 2.49. The molecule has 6 nitrogen and oxygen atoms in total. The average molecular weight is 325 g/mol. The first-order valence-corrected chi connectivity index (χ1v) is 8.58. The highest BCUT2D eigenvalue weighted by Crippen LogP contribution is 2.24. The number of nitrogens with zero attached hydrogens (tertiary/aromatic N) is 2. The van der Waals surface area contributed by atoms with Gasteiger partial charge in [0.1, 0.15) is 12.1 Å². The summed E-state index contributed by atoms with van der Waals surface area (Å²) in [4.78, 5) is 40.1. The Morgan fingerprint density at radius 1 is 1.09 bits per heavy atom. The van der Waals surface area contributed by atoms with Crippen LogP contribution in [0.5, 0.6) is 0 Å². The molecular weight excluding hydrogens is 294 g/mol. The first-order chi connectivity index (χ1) is 10.7. The summed E-state index contributed by atoms with van der Waals surface area (Å²) in [7, 11) is 0. The van der Waals surface area contributed by atoms with Crippen LogP contribution < -0.4 is 5.32 Å². The fourth-order valence-corrected chi connectivity index (χ4v) is 2.94. The number of urea groups is 1. The van der Waals surface area contributed by atoms with Gasteiger partial charge in [-0.15, -0.1) is 0 Å². The lowest BCUT2D eigenvalue weighted by atomic mass is 9.93. The number of nitrogens with one attached hydrogen (secondary N) is 1. The van der Waals surface area contributed by atoms with Gasteiger partial charge in [0, 0.05) is 13.1 Å². The van der Waals surface area contributed by atoms with Gasteiger partial charge in [-0.05, 0) is 24.7 Å². The molecule has 0 unspecified atom stereocenters. The van der Waals surface area contributed by atoms with Gasteiger partial charge >= 0.3 is 6.03 Å². The molecule has 6 heteroatoms. The third-order valence-corrected chi connectivity index (χ3v) is 4.27. The summed E-state index contributed by atoms with van der Waals surface area (Å²) < 4.78 is 0. The molecule has 0 aliphatic carbocycles. The van der Waals surface area contributed by atoms with Crippen LogP contribution in [0.3, 0.4) is 0 Å². The largest absolute Gasteiger partial charge is 0.341 e. The predicted molar refractivity (Wildman–Crippen MR) is 89.8 cm³/mol. The molecule has 0 spiro atoms. The number of rotatable bonds is 8. The van der Waals surface area contributed by atoms with Crippen molar-refractivity contribution in [3.8, 4) is 0 Å². The molecule has 0 aromatic heterocycles. The van der Waals surface area contributed by atoms with Crippen LogP contribution >= 0.6 is 0 Å². The van der Waals surface area contributed by atoms with Crippen molar-refractivity contribution in [1.29, 1.82) is 0 Å². The van der Waals surface area contributed by atoms with E-state index in [0.29, 0.717) is 37.8 Å². The monoisotopic (exact) mass is 325 g/mol. The van der Waals surface area contributed by atoms with Crippen molar-refractivity contribution in [3.63, 3.8) is 0 Å². The molecule has 4 amide bonds. The van der Waals surface area contributed by atoms with Crippen LogP contribution in [0.4, 0.5) is 4.79 Å². The molecule has 1 aliphatic heterocycles. The Balaban J connectivity index is 2.85. The molecule has 0 atom stereocenters. The Morgan fingerprint density at radius 3 is 1.91 bits per heavy atom. The van der Waals surface area contributed by atoms with Crippen molar-refractivity contribution in [2.24, 2.45) is 11.8 Å². The second-order valence-corrected chi connectivity index (χ2v) is 7.20. The summed E-state index contributed by atoms with van der Waals surface area (Å²) in [5.41, 5.74) is -0.849. The number of hydrogen-bond acceptors (Lipinski definition) is 3. The van der Waals surface area contributed by atoms with E-state index in [2.05, 4.69) is 5.32 Å². The van der Waals surface area contributed by atoms with Crippen molar-refractivity contribution >= 4 is 17.8 Å². The molecule has 0 bridgehead atoms. The molecule has 0 saturated carbocycles. The van der Waals surface area contributed by atoms with Crippen molar-refractivity contribution in [3.05, 3.63) is 0 Å². The minimum Gasteiger partial charge on any atom is -0.341 e. The molecule has 1 heterocycles. The molecule has 0 radical (unpaired) electrons. The normalized spacial score (nSPS) is 17.1. The molecule has 132 valence electrons. The number of amides is 4. The van der Waals surface area contributed by atoms with Crippen molar-refractivity contribution in [2.75, 3.05) is 19.6 Å². The second-order valence-electron chi connectivity index (χ2n) is 7.20. The molecule has 1 fully saturated rings. The molecule has 1 saturated heterocycles. The van der Waals surface area contributed by atoms with Crippen LogP contribution in [0.1, 0.15) is 54.4 Å². The van der Waals surface area contributed by atoms with E-state index in [1.165, 1.54) is 0 Å². The standard InChI is InChI=1S/C17H31N3O3/c1-7-17(8-2)15(22)20(16(23)18-17)11-14(21)19(9-12(3)4)10-13(5)6/h12-13H,7-11H2,1-6H3,(H,18,23). The first kappa shape index (κ1) is 19.5. The second kappa shape index (κ2) is 7.79. The van der Waals surface area contributed by atoms with Crippen LogP contribution in [0.2, 0.25) is 0 Å². The van der Waals surface area contributed by atoms with E-state index in [-0.39, 0.29) is 18.4 Å². The minimum absolute atomic E-state index is 0.168. The van der Waals surface area contributed by atoms with Gasteiger partial charge < -0.3 is 10.2 Å². The summed E-state index contributed by atoms with van der Waals surface area (Å²) in [5.74, 6) is 0.228. The Bertz CT molecular complexity index is 446. The fraction of sp³-hybridized carbons (Fsp3) is 0.824. The van der Waals surface area contributed by atoms with Gasteiger partial charge in [-0.2, -0.15) is 0 Å². The average Bonchev–Trinajstić information content (AvgIpc) is 2.70. The molecule has 1 aliphatic rings. The van der Waals surface area contributed by atoms with Crippen LogP contribution in [-0.4, -0.2) is 52.8 Å².